The molecule has 2 aromatic rings. The fourth-order valence-corrected chi connectivity index (χ4v) is 1.72. The van der Waals surface area contributed by atoms with E-state index in [9.17, 15) is 4.79 Å². The number of furan rings is 1. The second kappa shape index (κ2) is 5.90. The van der Waals surface area contributed by atoms with Crippen molar-refractivity contribution in [1.29, 1.82) is 0 Å². The van der Waals surface area contributed by atoms with Crippen LogP contribution in [-0.2, 0) is 11.2 Å². The molecule has 0 aliphatic rings. The van der Waals surface area contributed by atoms with Gasteiger partial charge in [-0.15, -0.1) is 0 Å². The normalized spacial score (nSPS) is 11.6. The maximum absolute atomic E-state index is 11.6. The van der Waals surface area contributed by atoms with Crippen LogP contribution in [0.3, 0.4) is 0 Å². The molecule has 2 heterocycles. The van der Waals surface area contributed by atoms with Crippen LogP contribution >= 0.6 is 0 Å². The minimum absolute atomic E-state index is 0.0129. The molecule has 0 saturated carbocycles. The molecular formula is C14H19N3O3. The van der Waals surface area contributed by atoms with Gasteiger partial charge in [0.25, 0.3) is 0 Å². The quantitative estimate of drug-likeness (QED) is 0.907. The van der Waals surface area contributed by atoms with E-state index >= 15 is 0 Å². The number of aromatic nitrogens is 2. The Bertz CT molecular complexity index is 552. The third-order valence-corrected chi connectivity index (χ3v) is 2.56. The topological polar surface area (TPSA) is 81.2 Å². The molecule has 6 nitrogen and oxygen atoms in total. The van der Waals surface area contributed by atoms with Gasteiger partial charge in [0, 0.05) is 19.4 Å². The van der Waals surface area contributed by atoms with Gasteiger partial charge in [0.2, 0.25) is 17.6 Å². The highest BCUT2D eigenvalue weighted by Crippen LogP contribution is 2.18. The summed E-state index contributed by atoms with van der Waals surface area (Å²) in [5.41, 5.74) is -0.0129. The van der Waals surface area contributed by atoms with Crippen molar-refractivity contribution in [2.75, 3.05) is 6.54 Å². The summed E-state index contributed by atoms with van der Waals surface area (Å²) >= 11 is 0. The van der Waals surface area contributed by atoms with Crippen LogP contribution in [0.5, 0.6) is 0 Å². The lowest BCUT2D eigenvalue weighted by molar-refractivity contribution is -0.122. The van der Waals surface area contributed by atoms with Crippen LogP contribution in [0.15, 0.2) is 27.3 Å². The van der Waals surface area contributed by atoms with Crippen molar-refractivity contribution in [2.24, 2.45) is 5.41 Å². The zero-order valence-corrected chi connectivity index (χ0v) is 12.0. The molecule has 1 N–H and O–H groups in total. The first kappa shape index (κ1) is 14.3. The van der Waals surface area contributed by atoms with Crippen LogP contribution < -0.4 is 5.32 Å². The highest BCUT2D eigenvalue weighted by atomic mass is 16.5. The minimum atomic E-state index is -0.0129. The van der Waals surface area contributed by atoms with Gasteiger partial charge in [-0.3, -0.25) is 4.79 Å². The first-order valence-electron chi connectivity index (χ1n) is 6.57. The van der Waals surface area contributed by atoms with Gasteiger partial charge in [0.05, 0.1) is 6.26 Å². The standard InChI is InChI=1S/C14H19N3O3/c1-14(2,3)9-11(18)15-7-6-12-16-13(17-20-12)10-5-4-8-19-10/h4-5,8H,6-7,9H2,1-3H3,(H,15,18). The van der Waals surface area contributed by atoms with Crippen LogP contribution in [0.4, 0.5) is 0 Å². The van der Waals surface area contributed by atoms with Crippen LogP contribution in [-0.4, -0.2) is 22.6 Å². The molecule has 6 heteroatoms. The molecule has 0 saturated heterocycles. The molecule has 0 spiro atoms. The molecule has 2 rings (SSSR count). The lowest BCUT2D eigenvalue weighted by Crippen LogP contribution is -2.29. The second-order valence-electron chi connectivity index (χ2n) is 5.83. The number of nitrogens with zero attached hydrogens (tertiary/aromatic N) is 2. The Morgan fingerprint density at radius 1 is 1.40 bits per heavy atom. The van der Waals surface area contributed by atoms with Crippen molar-refractivity contribution >= 4 is 5.91 Å². The number of carbonyl (C=O) groups excluding carboxylic acids is 1. The van der Waals surface area contributed by atoms with Gasteiger partial charge in [0.15, 0.2) is 5.76 Å². The van der Waals surface area contributed by atoms with Crippen molar-refractivity contribution in [3.8, 4) is 11.6 Å². The Balaban J connectivity index is 1.79. The van der Waals surface area contributed by atoms with Crippen molar-refractivity contribution in [3.05, 3.63) is 24.3 Å². The van der Waals surface area contributed by atoms with Gasteiger partial charge in [-0.2, -0.15) is 4.98 Å². The van der Waals surface area contributed by atoms with E-state index in [4.69, 9.17) is 8.94 Å². The van der Waals surface area contributed by atoms with E-state index < -0.39 is 0 Å². The predicted octanol–water partition coefficient (Wildman–Crippen LogP) is 2.42. The Kier molecular flexibility index (Phi) is 4.22. The lowest BCUT2D eigenvalue weighted by atomic mass is 9.92. The number of hydrogen-bond acceptors (Lipinski definition) is 5. The third-order valence-electron chi connectivity index (χ3n) is 2.56. The van der Waals surface area contributed by atoms with E-state index in [1.165, 1.54) is 0 Å². The summed E-state index contributed by atoms with van der Waals surface area (Å²) in [7, 11) is 0. The molecule has 0 bridgehead atoms. The van der Waals surface area contributed by atoms with Gasteiger partial charge in [-0.25, -0.2) is 0 Å². The number of rotatable bonds is 5. The summed E-state index contributed by atoms with van der Waals surface area (Å²) in [5, 5.41) is 6.66. The Labute approximate surface area is 117 Å². The predicted molar refractivity (Wildman–Crippen MR) is 72.8 cm³/mol. The second-order valence-corrected chi connectivity index (χ2v) is 5.83. The molecule has 0 aliphatic carbocycles. The van der Waals surface area contributed by atoms with Gasteiger partial charge in [-0.05, 0) is 17.5 Å². The maximum atomic E-state index is 11.6. The highest BCUT2D eigenvalue weighted by molar-refractivity contribution is 5.76. The summed E-state index contributed by atoms with van der Waals surface area (Å²) in [6.07, 6.45) is 2.55. The summed E-state index contributed by atoms with van der Waals surface area (Å²) < 4.78 is 10.3. The van der Waals surface area contributed by atoms with Crippen LogP contribution in [0.2, 0.25) is 0 Å². The minimum Gasteiger partial charge on any atom is -0.461 e. The zero-order chi connectivity index (χ0) is 14.6. The maximum Gasteiger partial charge on any atom is 0.238 e. The van der Waals surface area contributed by atoms with Crippen molar-refractivity contribution in [3.63, 3.8) is 0 Å². The first-order valence-corrected chi connectivity index (χ1v) is 6.57. The van der Waals surface area contributed by atoms with E-state index in [1.807, 2.05) is 20.8 Å². The van der Waals surface area contributed by atoms with Crippen LogP contribution in [0, 0.1) is 5.41 Å². The molecule has 0 unspecified atom stereocenters. The van der Waals surface area contributed by atoms with Crippen LogP contribution in [0.1, 0.15) is 33.1 Å². The molecule has 0 radical (unpaired) electrons. The summed E-state index contributed by atoms with van der Waals surface area (Å²) in [6, 6.07) is 3.53. The van der Waals surface area contributed by atoms with Gasteiger partial charge < -0.3 is 14.3 Å². The first-order chi connectivity index (χ1) is 9.44. The zero-order valence-electron chi connectivity index (χ0n) is 12.0. The van der Waals surface area contributed by atoms with Crippen molar-refractivity contribution < 1.29 is 13.7 Å². The molecule has 0 aliphatic heterocycles. The average Bonchev–Trinajstić information content (AvgIpc) is 2.96. The Morgan fingerprint density at radius 2 is 2.20 bits per heavy atom. The molecule has 0 atom stereocenters. The van der Waals surface area contributed by atoms with Gasteiger partial charge in [-0.1, -0.05) is 25.9 Å². The summed E-state index contributed by atoms with van der Waals surface area (Å²) in [6.45, 7) is 6.56. The van der Waals surface area contributed by atoms with Gasteiger partial charge in [0.1, 0.15) is 0 Å². The summed E-state index contributed by atoms with van der Waals surface area (Å²) in [4.78, 5) is 15.8. The number of amides is 1. The Hall–Kier alpha value is -2.11. The Morgan fingerprint density at radius 3 is 2.85 bits per heavy atom. The van der Waals surface area contributed by atoms with E-state index in [0.29, 0.717) is 36.9 Å². The van der Waals surface area contributed by atoms with Crippen molar-refractivity contribution in [1.82, 2.24) is 15.5 Å². The van der Waals surface area contributed by atoms with E-state index in [0.717, 1.165) is 0 Å². The fraction of sp³-hybridized carbons (Fsp3) is 0.500. The fourth-order valence-electron chi connectivity index (χ4n) is 1.72. The monoisotopic (exact) mass is 277 g/mol. The van der Waals surface area contributed by atoms with Gasteiger partial charge >= 0.3 is 0 Å². The molecule has 1 amide bonds. The number of hydrogen-bond donors (Lipinski definition) is 1. The largest absolute Gasteiger partial charge is 0.461 e. The van der Waals surface area contributed by atoms with Crippen LogP contribution in [0.25, 0.3) is 11.6 Å². The highest BCUT2D eigenvalue weighted by Gasteiger charge is 2.16. The number of carbonyl (C=O) groups is 1. The smallest absolute Gasteiger partial charge is 0.238 e. The summed E-state index contributed by atoms with van der Waals surface area (Å²) in [5.74, 6) is 1.50. The average molecular weight is 277 g/mol. The molecule has 2 aromatic heterocycles. The lowest BCUT2D eigenvalue weighted by Gasteiger charge is -2.16. The third kappa shape index (κ3) is 4.22. The molecule has 108 valence electrons. The molecule has 0 aromatic carbocycles. The number of nitrogens with one attached hydrogen (secondary N) is 1. The molecule has 20 heavy (non-hydrogen) atoms. The molecular weight excluding hydrogens is 258 g/mol. The SMILES string of the molecule is CC(C)(C)CC(=O)NCCc1nc(-c2ccco2)no1. The van der Waals surface area contributed by atoms with Crippen molar-refractivity contribution in [2.45, 2.75) is 33.6 Å². The molecule has 0 fully saturated rings. The van der Waals surface area contributed by atoms with E-state index in [1.54, 1.807) is 18.4 Å². The van der Waals surface area contributed by atoms with E-state index in [2.05, 4.69) is 15.5 Å². The van der Waals surface area contributed by atoms with E-state index in [-0.39, 0.29) is 11.3 Å².